The zero-order chi connectivity index (χ0) is 19.1. The van der Waals surface area contributed by atoms with Crippen molar-refractivity contribution in [3.05, 3.63) is 87.4 Å². The molecular formula is C22H19BrClNO2. The minimum absolute atomic E-state index is 0.482. The monoisotopic (exact) mass is 443 g/mol. The Morgan fingerprint density at radius 1 is 0.963 bits per heavy atom. The van der Waals surface area contributed by atoms with E-state index in [1.54, 1.807) is 0 Å². The van der Waals surface area contributed by atoms with E-state index >= 15 is 0 Å². The van der Waals surface area contributed by atoms with Crippen LogP contribution in [-0.4, -0.2) is 12.8 Å². The smallest absolute Gasteiger partial charge is 0.134 e. The number of hydrogen-bond donors (Lipinski definition) is 0. The first-order valence-corrected chi connectivity index (χ1v) is 9.75. The van der Waals surface area contributed by atoms with Gasteiger partial charge < -0.3 is 9.47 Å². The lowest BCUT2D eigenvalue weighted by atomic mass is 10.2. The van der Waals surface area contributed by atoms with Crippen LogP contribution in [0.1, 0.15) is 18.1 Å². The average molecular weight is 445 g/mol. The van der Waals surface area contributed by atoms with E-state index in [-0.39, 0.29) is 0 Å². The SMILES string of the molecule is CCOc1ccc(N=Cc2ccc(OCc3ccc(Cl)cc3)c(Br)c2)cc1. The van der Waals surface area contributed by atoms with E-state index in [0.717, 1.165) is 37.8 Å². The number of nitrogens with zero attached hydrogens (tertiary/aromatic N) is 1. The number of aliphatic imine (C=N–C) groups is 1. The highest BCUT2D eigenvalue weighted by Crippen LogP contribution is 2.27. The van der Waals surface area contributed by atoms with Crippen molar-refractivity contribution in [1.29, 1.82) is 0 Å². The summed E-state index contributed by atoms with van der Waals surface area (Å²) in [6, 6.07) is 21.2. The normalized spacial score (nSPS) is 10.9. The predicted molar refractivity (Wildman–Crippen MR) is 115 cm³/mol. The van der Waals surface area contributed by atoms with Crippen LogP contribution in [-0.2, 0) is 6.61 Å². The van der Waals surface area contributed by atoms with E-state index < -0.39 is 0 Å². The van der Waals surface area contributed by atoms with Gasteiger partial charge in [-0.25, -0.2) is 0 Å². The molecule has 0 radical (unpaired) electrons. The van der Waals surface area contributed by atoms with Crippen molar-refractivity contribution in [2.75, 3.05) is 6.61 Å². The number of rotatable bonds is 7. The molecule has 0 aliphatic carbocycles. The van der Waals surface area contributed by atoms with Crippen molar-refractivity contribution in [3.8, 4) is 11.5 Å². The Hall–Kier alpha value is -2.30. The fraction of sp³-hybridized carbons (Fsp3) is 0.136. The van der Waals surface area contributed by atoms with Crippen molar-refractivity contribution < 1.29 is 9.47 Å². The van der Waals surface area contributed by atoms with Gasteiger partial charge in [-0.1, -0.05) is 23.7 Å². The van der Waals surface area contributed by atoms with Crippen molar-refractivity contribution in [2.24, 2.45) is 4.99 Å². The van der Waals surface area contributed by atoms with Gasteiger partial charge in [0.1, 0.15) is 18.1 Å². The van der Waals surface area contributed by atoms with Crippen LogP contribution in [0.4, 0.5) is 5.69 Å². The van der Waals surface area contributed by atoms with Gasteiger partial charge in [-0.2, -0.15) is 0 Å². The van der Waals surface area contributed by atoms with E-state index in [0.29, 0.717) is 13.2 Å². The summed E-state index contributed by atoms with van der Waals surface area (Å²) in [5.41, 5.74) is 2.92. The minimum Gasteiger partial charge on any atom is -0.494 e. The lowest BCUT2D eigenvalue weighted by Gasteiger charge is -2.09. The van der Waals surface area contributed by atoms with Gasteiger partial charge in [0.15, 0.2) is 0 Å². The Balaban J connectivity index is 1.62. The van der Waals surface area contributed by atoms with Gasteiger partial charge in [0, 0.05) is 11.2 Å². The zero-order valence-corrected chi connectivity index (χ0v) is 17.2. The maximum atomic E-state index is 5.90. The van der Waals surface area contributed by atoms with Gasteiger partial charge in [-0.05, 0) is 88.6 Å². The van der Waals surface area contributed by atoms with E-state index in [4.69, 9.17) is 21.1 Å². The maximum absolute atomic E-state index is 5.90. The van der Waals surface area contributed by atoms with E-state index in [1.807, 2.05) is 79.9 Å². The lowest BCUT2D eigenvalue weighted by molar-refractivity contribution is 0.304. The summed E-state index contributed by atoms with van der Waals surface area (Å²) in [4.78, 5) is 4.50. The summed E-state index contributed by atoms with van der Waals surface area (Å²) in [5.74, 6) is 1.63. The molecule has 3 nitrogen and oxygen atoms in total. The third kappa shape index (κ3) is 5.84. The van der Waals surface area contributed by atoms with E-state index in [2.05, 4.69) is 20.9 Å². The zero-order valence-electron chi connectivity index (χ0n) is 14.9. The molecule has 0 N–H and O–H groups in total. The van der Waals surface area contributed by atoms with Crippen molar-refractivity contribution in [2.45, 2.75) is 13.5 Å². The van der Waals surface area contributed by atoms with Crippen LogP contribution in [0.2, 0.25) is 5.02 Å². The third-order valence-electron chi connectivity index (χ3n) is 3.77. The van der Waals surface area contributed by atoms with Crippen LogP contribution in [0.15, 0.2) is 76.2 Å². The fourth-order valence-corrected chi connectivity index (χ4v) is 3.04. The lowest BCUT2D eigenvalue weighted by Crippen LogP contribution is -1.96. The standard InChI is InChI=1S/C22H19BrClNO2/c1-2-26-20-10-8-19(9-11-20)25-14-17-5-12-22(21(23)13-17)27-15-16-3-6-18(24)7-4-16/h3-14H,2,15H2,1H3. The number of ether oxygens (including phenoxy) is 2. The average Bonchev–Trinajstić information content (AvgIpc) is 2.68. The van der Waals surface area contributed by atoms with Crippen molar-refractivity contribution in [3.63, 3.8) is 0 Å². The highest BCUT2D eigenvalue weighted by molar-refractivity contribution is 9.10. The first-order chi connectivity index (χ1) is 13.1. The molecular weight excluding hydrogens is 426 g/mol. The van der Waals surface area contributed by atoms with E-state index in [1.165, 1.54) is 0 Å². The summed E-state index contributed by atoms with van der Waals surface area (Å²) in [6.07, 6.45) is 1.82. The molecule has 3 rings (SSSR count). The molecule has 0 heterocycles. The Kier molecular flexibility index (Phi) is 6.91. The van der Waals surface area contributed by atoms with Crippen LogP contribution in [0.3, 0.4) is 0 Å². The van der Waals surface area contributed by atoms with Crippen molar-refractivity contribution in [1.82, 2.24) is 0 Å². The highest BCUT2D eigenvalue weighted by Gasteiger charge is 2.03. The molecule has 5 heteroatoms. The second-order valence-electron chi connectivity index (χ2n) is 5.79. The van der Waals surface area contributed by atoms with Gasteiger partial charge in [0.25, 0.3) is 0 Å². The molecule has 3 aromatic carbocycles. The summed E-state index contributed by atoms with van der Waals surface area (Å²) in [5, 5.41) is 0.719. The van der Waals surface area contributed by atoms with Crippen LogP contribution in [0, 0.1) is 0 Å². The Morgan fingerprint density at radius 3 is 2.37 bits per heavy atom. The van der Waals surface area contributed by atoms with Gasteiger partial charge in [0.2, 0.25) is 0 Å². The summed E-state index contributed by atoms with van der Waals surface area (Å²) < 4.78 is 12.2. The van der Waals surface area contributed by atoms with Gasteiger partial charge in [-0.15, -0.1) is 0 Å². The highest BCUT2D eigenvalue weighted by atomic mass is 79.9. The molecule has 0 saturated carbocycles. The molecule has 138 valence electrons. The molecule has 0 atom stereocenters. The molecule has 0 aliphatic heterocycles. The topological polar surface area (TPSA) is 30.8 Å². The molecule has 0 spiro atoms. The van der Waals surface area contributed by atoms with Crippen LogP contribution < -0.4 is 9.47 Å². The Labute approximate surface area is 172 Å². The van der Waals surface area contributed by atoms with Crippen LogP contribution in [0.25, 0.3) is 0 Å². The predicted octanol–water partition coefficient (Wildman–Crippen LogP) is 6.83. The second-order valence-corrected chi connectivity index (χ2v) is 7.08. The van der Waals surface area contributed by atoms with Gasteiger partial charge >= 0.3 is 0 Å². The molecule has 0 unspecified atom stereocenters. The maximum Gasteiger partial charge on any atom is 0.134 e. The van der Waals surface area contributed by atoms with E-state index in [9.17, 15) is 0 Å². The quantitative estimate of drug-likeness (QED) is 0.374. The summed E-state index contributed by atoms with van der Waals surface area (Å²) in [7, 11) is 0. The molecule has 0 aliphatic rings. The fourth-order valence-electron chi connectivity index (χ4n) is 2.40. The summed E-state index contributed by atoms with van der Waals surface area (Å²) >= 11 is 9.46. The number of hydrogen-bond acceptors (Lipinski definition) is 3. The molecule has 0 bridgehead atoms. The number of halogens is 2. The Morgan fingerprint density at radius 2 is 1.70 bits per heavy atom. The third-order valence-corrected chi connectivity index (χ3v) is 4.65. The minimum atomic E-state index is 0.482. The van der Waals surface area contributed by atoms with Crippen LogP contribution >= 0.6 is 27.5 Å². The van der Waals surface area contributed by atoms with Gasteiger partial charge in [0.05, 0.1) is 16.8 Å². The summed E-state index contributed by atoms with van der Waals surface area (Å²) in [6.45, 7) is 3.10. The van der Waals surface area contributed by atoms with Gasteiger partial charge in [-0.3, -0.25) is 4.99 Å². The largest absolute Gasteiger partial charge is 0.494 e. The van der Waals surface area contributed by atoms with Crippen molar-refractivity contribution >= 4 is 39.4 Å². The first-order valence-electron chi connectivity index (χ1n) is 8.58. The Bertz CT molecular complexity index is 909. The molecule has 0 aromatic heterocycles. The molecule has 3 aromatic rings. The van der Waals surface area contributed by atoms with Crippen LogP contribution in [0.5, 0.6) is 11.5 Å². The first kappa shape index (κ1) is 19.5. The molecule has 0 amide bonds. The number of benzene rings is 3. The molecule has 0 fully saturated rings. The molecule has 27 heavy (non-hydrogen) atoms. The molecule has 0 saturated heterocycles. The second kappa shape index (κ2) is 9.58.